The number of rotatable bonds is 5. The zero-order valence-electron chi connectivity index (χ0n) is 12.8. The average molecular weight is 401 g/mol. The first-order chi connectivity index (χ1) is 10.0. The number of amides is 1. The molecule has 1 fully saturated rings. The van der Waals surface area contributed by atoms with Gasteiger partial charge in [0.15, 0.2) is 0 Å². The lowest BCUT2D eigenvalue weighted by Gasteiger charge is -2.27. The number of benzene rings is 1. The van der Waals surface area contributed by atoms with Gasteiger partial charge in [0, 0.05) is 15.8 Å². The van der Waals surface area contributed by atoms with E-state index in [0.717, 1.165) is 30.9 Å². The van der Waals surface area contributed by atoms with Crippen molar-refractivity contribution in [2.24, 2.45) is 5.92 Å². The maximum Gasteiger partial charge on any atom is 0.238 e. The third-order valence-corrected chi connectivity index (χ3v) is 4.58. The Hall–Kier alpha value is -0.660. The van der Waals surface area contributed by atoms with Gasteiger partial charge in [-0.05, 0) is 92.2 Å². The predicted molar refractivity (Wildman–Crippen MR) is 95.6 cm³/mol. The van der Waals surface area contributed by atoms with Gasteiger partial charge >= 0.3 is 0 Å². The van der Waals surface area contributed by atoms with E-state index in [-0.39, 0.29) is 5.91 Å². The monoisotopic (exact) mass is 401 g/mol. The number of piperidine rings is 1. The molecule has 0 aromatic heterocycles. The molecule has 1 amide bonds. The molecule has 1 aromatic rings. The van der Waals surface area contributed by atoms with E-state index in [2.05, 4.69) is 44.2 Å². The molecule has 5 heteroatoms. The van der Waals surface area contributed by atoms with E-state index in [1.165, 1.54) is 16.4 Å². The molecule has 1 saturated heterocycles. The molecule has 116 valence electrons. The lowest BCUT2D eigenvalue weighted by molar-refractivity contribution is -0.117. The molecule has 2 N–H and O–H groups in total. The molecule has 1 heterocycles. The van der Waals surface area contributed by atoms with E-state index in [4.69, 9.17) is 0 Å². The fraction of sp³-hybridized carbons (Fsp3) is 0.562. The van der Waals surface area contributed by atoms with Crippen molar-refractivity contribution in [2.45, 2.75) is 19.8 Å². The van der Waals surface area contributed by atoms with Crippen LogP contribution < -0.4 is 10.6 Å². The molecule has 0 aliphatic carbocycles. The number of halogens is 1. The minimum atomic E-state index is 0.0655. The van der Waals surface area contributed by atoms with Crippen LogP contribution in [0.5, 0.6) is 0 Å². The fourth-order valence-corrected chi connectivity index (χ4v) is 3.42. The molecule has 1 aliphatic rings. The molecule has 4 nitrogen and oxygen atoms in total. The summed E-state index contributed by atoms with van der Waals surface area (Å²) in [5.74, 6) is 0.778. The highest BCUT2D eigenvalue weighted by Crippen LogP contribution is 2.18. The fourth-order valence-electron chi connectivity index (χ4n) is 2.77. The second kappa shape index (κ2) is 8.10. The molecule has 0 radical (unpaired) electrons. The lowest BCUT2D eigenvalue weighted by atomic mass is 9.98. The summed E-state index contributed by atoms with van der Waals surface area (Å²) >= 11 is 2.28. The highest BCUT2D eigenvalue weighted by atomic mass is 127. The van der Waals surface area contributed by atoms with Gasteiger partial charge in [0.2, 0.25) is 5.91 Å². The summed E-state index contributed by atoms with van der Waals surface area (Å²) in [6.45, 7) is 5.69. The van der Waals surface area contributed by atoms with Crippen LogP contribution in [0.1, 0.15) is 18.4 Å². The van der Waals surface area contributed by atoms with Gasteiger partial charge in [-0.3, -0.25) is 9.69 Å². The van der Waals surface area contributed by atoms with Crippen LogP contribution in [-0.4, -0.2) is 44.0 Å². The van der Waals surface area contributed by atoms with Gasteiger partial charge in [-0.25, -0.2) is 0 Å². The number of hydrogen-bond acceptors (Lipinski definition) is 3. The van der Waals surface area contributed by atoms with Crippen molar-refractivity contribution in [3.05, 3.63) is 27.3 Å². The van der Waals surface area contributed by atoms with Crippen molar-refractivity contribution in [3.63, 3.8) is 0 Å². The zero-order valence-corrected chi connectivity index (χ0v) is 14.9. The highest BCUT2D eigenvalue weighted by molar-refractivity contribution is 14.1. The first-order valence-electron chi connectivity index (χ1n) is 7.50. The SMILES string of the molecule is Cc1cc(I)ccc1NC(=O)CN(C)CC1CCNCC1. The van der Waals surface area contributed by atoms with Crippen LogP contribution in [0.15, 0.2) is 18.2 Å². The molecule has 2 rings (SSSR count). The van der Waals surface area contributed by atoms with Gasteiger partial charge in [-0.1, -0.05) is 0 Å². The Bertz CT molecular complexity index is 486. The number of nitrogens with one attached hydrogen (secondary N) is 2. The van der Waals surface area contributed by atoms with E-state index in [1.807, 2.05) is 26.1 Å². The zero-order chi connectivity index (χ0) is 15.2. The summed E-state index contributed by atoms with van der Waals surface area (Å²) in [4.78, 5) is 14.3. The third kappa shape index (κ3) is 5.56. The summed E-state index contributed by atoms with van der Waals surface area (Å²) in [5, 5.41) is 6.38. The molecule has 0 bridgehead atoms. The van der Waals surface area contributed by atoms with Gasteiger partial charge in [0.05, 0.1) is 6.54 Å². The molecule has 0 atom stereocenters. The number of carbonyl (C=O) groups excluding carboxylic acids is 1. The molecule has 0 spiro atoms. The van der Waals surface area contributed by atoms with Crippen LogP contribution in [-0.2, 0) is 4.79 Å². The van der Waals surface area contributed by atoms with E-state index >= 15 is 0 Å². The van der Waals surface area contributed by atoms with Crippen LogP contribution in [0.3, 0.4) is 0 Å². The van der Waals surface area contributed by atoms with Crippen LogP contribution in [0.2, 0.25) is 0 Å². The average Bonchev–Trinajstić information content (AvgIpc) is 2.43. The summed E-state index contributed by atoms with van der Waals surface area (Å²) in [5.41, 5.74) is 2.02. The van der Waals surface area contributed by atoms with Crippen molar-refractivity contribution < 1.29 is 4.79 Å². The first-order valence-corrected chi connectivity index (χ1v) is 8.57. The van der Waals surface area contributed by atoms with E-state index in [1.54, 1.807) is 0 Å². The molecule has 0 unspecified atom stereocenters. The first kappa shape index (κ1) is 16.7. The van der Waals surface area contributed by atoms with Crippen molar-refractivity contribution in [1.29, 1.82) is 0 Å². The maximum absolute atomic E-state index is 12.1. The molecular weight excluding hydrogens is 377 g/mol. The van der Waals surface area contributed by atoms with Gasteiger partial charge in [-0.2, -0.15) is 0 Å². The standard InChI is InChI=1S/C16H24IN3O/c1-12-9-14(17)3-4-15(12)19-16(21)11-20(2)10-13-5-7-18-8-6-13/h3-4,9,13,18H,5-8,10-11H2,1-2H3,(H,19,21). The van der Waals surface area contributed by atoms with Crippen LogP contribution in [0.25, 0.3) is 0 Å². The number of anilines is 1. The largest absolute Gasteiger partial charge is 0.325 e. The number of hydrogen-bond donors (Lipinski definition) is 2. The topological polar surface area (TPSA) is 44.4 Å². The number of nitrogens with zero attached hydrogens (tertiary/aromatic N) is 1. The minimum absolute atomic E-state index is 0.0655. The van der Waals surface area contributed by atoms with Gasteiger partial charge < -0.3 is 10.6 Å². The van der Waals surface area contributed by atoms with Gasteiger partial charge in [0.1, 0.15) is 0 Å². The third-order valence-electron chi connectivity index (χ3n) is 3.90. The van der Waals surface area contributed by atoms with E-state index < -0.39 is 0 Å². The van der Waals surface area contributed by atoms with Crippen LogP contribution >= 0.6 is 22.6 Å². The maximum atomic E-state index is 12.1. The summed E-state index contributed by atoms with van der Waals surface area (Å²) in [7, 11) is 2.03. The highest BCUT2D eigenvalue weighted by Gasteiger charge is 2.16. The van der Waals surface area contributed by atoms with E-state index in [0.29, 0.717) is 12.5 Å². The van der Waals surface area contributed by atoms with Crippen LogP contribution in [0, 0.1) is 16.4 Å². The molecule has 0 saturated carbocycles. The van der Waals surface area contributed by atoms with Crippen molar-refractivity contribution in [2.75, 3.05) is 38.5 Å². The summed E-state index contributed by atoms with van der Waals surface area (Å²) in [6, 6.07) is 6.07. The van der Waals surface area contributed by atoms with Crippen molar-refractivity contribution >= 4 is 34.2 Å². The Balaban J connectivity index is 1.80. The Morgan fingerprint density at radius 1 is 1.43 bits per heavy atom. The Labute approximate surface area is 140 Å². The minimum Gasteiger partial charge on any atom is -0.325 e. The molecular formula is C16H24IN3O. The normalized spacial score (nSPS) is 16.2. The Morgan fingerprint density at radius 2 is 2.14 bits per heavy atom. The Morgan fingerprint density at radius 3 is 2.81 bits per heavy atom. The van der Waals surface area contributed by atoms with Crippen LogP contribution in [0.4, 0.5) is 5.69 Å². The number of carbonyl (C=O) groups is 1. The van der Waals surface area contributed by atoms with Gasteiger partial charge in [-0.15, -0.1) is 0 Å². The smallest absolute Gasteiger partial charge is 0.238 e. The molecule has 1 aromatic carbocycles. The molecule has 21 heavy (non-hydrogen) atoms. The summed E-state index contributed by atoms with van der Waals surface area (Å²) in [6.07, 6.45) is 2.42. The van der Waals surface area contributed by atoms with Crippen molar-refractivity contribution in [3.8, 4) is 0 Å². The second-order valence-electron chi connectivity index (χ2n) is 5.90. The second-order valence-corrected chi connectivity index (χ2v) is 7.14. The summed E-state index contributed by atoms with van der Waals surface area (Å²) < 4.78 is 1.19. The van der Waals surface area contributed by atoms with Gasteiger partial charge in [0.25, 0.3) is 0 Å². The Kier molecular flexibility index (Phi) is 6.44. The number of likely N-dealkylation sites (N-methyl/N-ethyl adjacent to an activating group) is 1. The predicted octanol–water partition coefficient (Wildman–Crippen LogP) is 2.47. The molecule has 1 aliphatic heterocycles. The quantitative estimate of drug-likeness (QED) is 0.746. The van der Waals surface area contributed by atoms with Crippen molar-refractivity contribution in [1.82, 2.24) is 10.2 Å². The van der Waals surface area contributed by atoms with E-state index in [9.17, 15) is 4.79 Å². The lowest BCUT2D eigenvalue weighted by Crippen LogP contribution is -2.37. The number of aryl methyl sites for hydroxylation is 1.